The molecule has 0 amide bonds. The van der Waals surface area contributed by atoms with E-state index in [1.165, 1.54) is 0 Å². The van der Waals surface area contributed by atoms with Gasteiger partial charge in [0.1, 0.15) is 0 Å². The highest BCUT2D eigenvalue weighted by atomic mass is 32.2. The fourth-order valence-corrected chi connectivity index (χ4v) is 4.80. The fourth-order valence-electron chi connectivity index (χ4n) is 3.13. The van der Waals surface area contributed by atoms with Crippen LogP contribution in [0.15, 0.2) is 0 Å². The van der Waals surface area contributed by atoms with Gasteiger partial charge in [-0.15, -0.1) is 0 Å². The summed E-state index contributed by atoms with van der Waals surface area (Å²) in [4.78, 5) is 0. The lowest BCUT2D eigenvalue weighted by Gasteiger charge is -2.37. The summed E-state index contributed by atoms with van der Waals surface area (Å²) in [5.74, 6) is 1.27. The third kappa shape index (κ3) is 4.65. The Balaban J connectivity index is 1.83. The molecule has 2 heterocycles. The standard InChI is InChI=1S/C15H31N3O2S/c1-13(2)16-12-15-6-10-18(11-7-15)21(19,20)17-8-4-14(3)5-9-17/h13-16H,4-12H2,1-3H3. The summed E-state index contributed by atoms with van der Waals surface area (Å²) in [6.45, 7) is 10.3. The molecule has 2 saturated heterocycles. The lowest BCUT2D eigenvalue weighted by Crippen LogP contribution is -2.50. The van der Waals surface area contributed by atoms with Gasteiger partial charge in [-0.2, -0.15) is 17.0 Å². The highest BCUT2D eigenvalue weighted by Gasteiger charge is 2.34. The molecular formula is C15H31N3O2S. The summed E-state index contributed by atoms with van der Waals surface area (Å²) in [6.07, 6.45) is 3.94. The minimum atomic E-state index is -3.22. The van der Waals surface area contributed by atoms with Crippen molar-refractivity contribution in [3.05, 3.63) is 0 Å². The summed E-state index contributed by atoms with van der Waals surface area (Å²) >= 11 is 0. The molecule has 2 fully saturated rings. The molecule has 0 aliphatic carbocycles. The number of piperidine rings is 2. The highest BCUT2D eigenvalue weighted by molar-refractivity contribution is 7.86. The maximum absolute atomic E-state index is 12.7. The summed E-state index contributed by atoms with van der Waals surface area (Å²) in [5.41, 5.74) is 0. The van der Waals surface area contributed by atoms with E-state index < -0.39 is 10.2 Å². The second-order valence-electron chi connectivity index (χ2n) is 6.99. The number of hydrogen-bond donors (Lipinski definition) is 1. The van der Waals surface area contributed by atoms with Crippen molar-refractivity contribution in [3.63, 3.8) is 0 Å². The molecule has 5 nitrogen and oxygen atoms in total. The third-order valence-corrected chi connectivity index (χ3v) is 6.82. The molecule has 0 unspecified atom stereocenters. The molecule has 0 aromatic heterocycles. The van der Waals surface area contributed by atoms with E-state index in [2.05, 4.69) is 26.1 Å². The van der Waals surface area contributed by atoms with Crippen LogP contribution in [0.3, 0.4) is 0 Å². The van der Waals surface area contributed by atoms with Gasteiger partial charge in [0, 0.05) is 32.2 Å². The zero-order valence-electron chi connectivity index (χ0n) is 13.7. The van der Waals surface area contributed by atoms with Gasteiger partial charge in [-0.25, -0.2) is 0 Å². The molecular weight excluding hydrogens is 286 g/mol. The zero-order chi connectivity index (χ0) is 15.5. The molecule has 0 atom stereocenters. The average Bonchev–Trinajstić information content (AvgIpc) is 2.46. The molecule has 0 bridgehead atoms. The Labute approximate surface area is 130 Å². The minimum absolute atomic E-state index is 0.502. The largest absolute Gasteiger partial charge is 0.314 e. The van der Waals surface area contributed by atoms with Crippen molar-refractivity contribution in [3.8, 4) is 0 Å². The first-order chi connectivity index (χ1) is 9.89. The van der Waals surface area contributed by atoms with Crippen molar-refractivity contribution in [1.29, 1.82) is 0 Å². The van der Waals surface area contributed by atoms with Crippen LogP contribution in [0, 0.1) is 11.8 Å². The quantitative estimate of drug-likeness (QED) is 0.839. The van der Waals surface area contributed by atoms with Crippen molar-refractivity contribution in [1.82, 2.24) is 13.9 Å². The van der Waals surface area contributed by atoms with Gasteiger partial charge in [-0.1, -0.05) is 20.8 Å². The minimum Gasteiger partial charge on any atom is -0.314 e. The Morgan fingerprint density at radius 2 is 1.48 bits per heavy atom. The van der Waals surface area contributed by atoms with Gasteiger partial charge in [0.05, 0.1) is 0 Å². The van der Waals surface area contributed by atoms with Gasteiger partial charge >= 0.3 is 0 Å². The van der Waals surface area contributed by atoms with Crippen LogP contribution in [-0.4, -0.2) is 55.8 Å². The van der Waals surface area contributed by atoms with Crippen LogP contribution >= 0.6 is 0 Å². The lowest BCUT2D eigenvalue weighted by atomic mass is 9.98. The van der Waals surface area contributed by atoms with Crippen molar-refractivity contribution in [2.75, 3.05) is 32.7 Å². The Morgan fingerprint density at radius 1 is 1.00 bits per heavy atom. The number of nitrogens with zero attached hydrogens (tertiary/aromatic N) is 2. The number of hydrogen-bond acceptors (Lipinski definition) is 3. The SMILES string of the molecule is CC1CCN(S(=O)(=O)N2CCC(CNC(C)C)CC2)CC1. The van der Waals surface area contributed by atoms with Crippen LogP contribution in [0.1, 0.15) is 46.5 Å². The Kier molecular flexibility index (Phi) is 6.05. The van der Waals surface area contributed by atoms with Crippen molar-refractivity contribution in [2.24, 2.45) is 11.8 Å². The monoisotopic (exact) mass is 317 g/mol. The molecule has 0 saturated carbocycles. The molecule has 2 aliphatic rings. The first kappa shape index (κ1) is 17.2. The van der Waals surface area contributed by atoms with Gasteiger partial charge in [-0.05, 0) is 44.1 Å². The van der Waals surface area contributed by atoms with E-state index in [4.69, 9.17) is 0 Å². The maximum Gasteiger partial charge on any atom is 0.281 e. The van der Waals surface area contributed by atoms with E-state index >= 15 is 0 Å². The van der Waals surface area contributed by atoms with Crippen molar-refractivity contribution in [2.45, 2.75) is 52.5 Å². The molecule has 21 heavy (non-hydrogen) atoms. The molecule has 0 radical (unpaired) electrons. The van der Waals surface area contributed by atoms with E-state index in [0.717, 1.165) is 32.2 Å². The summed E-state index contributed by atoms with van der Waals surface area (Å²) in [6, 6.07) is 0.502. The van der Waals surface area contributed by atoms with Crippen LogP contribution in [0.25, 0.3) is 0 Å². The summed E-state index contributed by atoms with van der Waals surface area (Å²) < 4.78 is 28.7. The number of nitrogens with one attached hydrogen (secondary N) is 1. The highest BCUT2D eigenvalue weighted by Crippen LogP contribution is 2.24. The molecule has 0 spiro atoms. The lowest BCUT2D eigenvalue weighted by molar-refractivity contribution is 0.227. The van der Waals surface area contributed by atoms with Crippen LogP contribution in [0.2, 0.25) is 0 Å². The second-order valence-corrected chi connectivity index (χ2v) is 8.92. The Morgan fingerprint density at radius 3 is 1.95 bits per heavy atom. The van der Waals surface area contributed by atoms with E-state index in [-0.39, 0.29) is 0 Å². The van der Waals surface area contributed by atoms with E-state index in [1.807, 2.05) is 0 Å². The van der Waals surface area contributed by atoms with Crippen LogP contribution in [-0.2, 0) is 10.2 Å². The van der Waals surface area contributed by atoms with Gasteiger partial charge in [-0.3, -0.25) is 0 Å². The topological polar surface area (TPSA) is 52.7 Å². The molecule has 2 rings (SSSR count). The third-order valence-electron chi connectivity index (χ3n) is 4.78. The first-order valence-corrected chi connectivity index (χ1v) is 9.78. The molecule has 124 valence electrons. The van der Waals surface area contributed by atoms with Crippen LogP contribution in [0.4, 0.5) is 0 Å². The predicted molar refractivity (Wildman–Crippen MR) is 86.3 cm³/mol. The van der Waals surface area contributed by atoms with E-state index in [9.17, 15) is 8.42 Å². The van der Waals surface area contributed by atoms with Crippen LogP contribution < -0.4 is 5.32 Å². The van der Waals surface area contributed by atoms with E-state index in [0.29, 0.717) is 44.1 Å². The summed E-state index contributed by atoms with van der Waals surface area (Å²) in [5, 5.41) is 3.46. The van der Waals surface area contributed by atoms with Crippen molar-refractivity contribution >= 4 is 10.2 Å². The Bertz CT molecular complexity index is 409. The molecule has 0 aromatic rings. The molecule has 0 aromatic carbocycles. The van der Waals surface area contributed by atoms with Gasteiger partial charge in [0.25, 0.3) is 10.2 Å². The predicted octanol–water partition coefficient (Wildman–Crippen LogP) is 1.67. The summed E-state index contributed by atoms with van der Waals surface area (Å²) in [7, 11) is -3.22. The van der Waals surface area contributed by atoms with Gasteiger partial charge < -0.3 is 5.32 Å². The zero-order valence-corrected chi connectivity index (χ0v) is 14.5. The average molecular weight is 317 g/mol. The smallest absolute Gasteiger partial charge is 0.281 e. The molecule has 1 N–H and O–H groups in total. The number of rotatable bonds is 5. The van der Waals surface area contributed by atoms with Crippen molar-refractivity contribution < 1.29 is 8.42 Å². The second kappa shape index (κ2) is 7.40. The van der Waals surface area contributed by atoms with Crippen LogP contribution in [0.5, 0.6) is 0 Å². The van der Waals surface area contributed by atoms with Gasteiger partial charge in [0.15, 0.2) is 0 Å². The van der Waals surface area contributed by atoms with E-state index in [1.54, 1.807) is 8.61 Å². The molecule has 2 aliphatic heterocycles. The molecule has 6 heteroatoms. The maximum atomic E-state index is 12.7. The van der Waals surface area contributed by atoms with Gasteiger partial charge in [0.2, 0.25) is 0 Å². The Hall–Kier alpha value is -0.170. The fraction of sp³-hybridized carbons (Fsp3) is 1.00. The normalized spacial score (nSPS) is 24.8. The first-order valence-electron chi connectivity index (χ1n) is 8.38.